The highest BCUT2D eigenvalue weighted by atomic mass is 32.2. The highest BCUT2D eigenvalue weighted by Crippen LogP contribution is 2.36. The van der Waals surface area contributed by atoms with Crippen LogP contribution in [0, 0.1) is 0 Å². The van der Waals surface area contributed by atoms with Crippen LogP contribution in [0.2, 0.25) is 0 Å². The molecule has 1 aromatic heterocycles. The maximum Gasteiger partial charge on any atom is 0.416 e. The molecule has 194 valence electrons. The second-order valence-corrected chi connectivity index (χ2v) is 11.5. The molecule has 0 aliphatic rings. The SMILES string of the molecule is CCC(C)=C(Cc1ccc(C(F)(F)F)cc1)SC(Cn1ccc2cc(OC(C)(C)C)ccc21)=C(C)C. The second-order valence-electron chi connectivity index (χ2n) is 10.3. The maximum absolute atomic E-state index is 13.0. The van der Waals surface area contributed by atoms with Gasteiger partial charge in [0.15, 0.2) is 0 Å². The highest BCUT2D eigenvalue weighted by Gasteiger charge is 2.30. The van der Waals surface area contributed by atoms with Crippen LogP contribution in [-0.2, 0) is 19.1 Å². The molecule has 1 heterocycles. The third kappa shape index (κ3) is 7.45. The fourth-order valence-electron chi connectivity index (χ4n) is 3.80. The van der Waals surface area contributed by atoms with E-state index in [-0.39, 0.29) is 5.60 Å². The van der Waals surface area contributed by atoms with Crippen molar-refractivity contribution in [2.24, 2.45) is 0 Å². The van der Waals surface area contributed by atoms with Crippen LogP contribution in [0.1, 0.15) is 66.0 Å². The molecule has 0 bridgehead atoms. The molecule has 2 nitrogen and oxygen atoms in total. The Morgan fingerprint density at radius 3 is 2.14 bits per heavy atom. The third-order valence-corrected chi connectivity index (χ3v) is 7.46. The predicted octanol–water partition coefficient (Wildman–Crippen LogP) is 9.79. The number of fused-ring (bicyclic) bond motifs is 1. The highest BCUT2D eigenvalue weighted by molar-refractivity contribution is 8.06. The first kappa shape index (κ1) is 28.0. The summed E-state index contributed by atoms with van der Waals surface area (Å²) in [5, 5.41) is 1.13. The molecule has 3 rings (SSSR count). The molecule has 2 aromatic carbocycles. The molecular formula is C30H36F3NOS. The monoisotopic (exact) mass is 515 g/mol. The average Bonchev–Trinajstić information content (AvgIpc) is 3.17. The summed E-state index contributed by atoms with van der Waals surface area (Å²) in [7, 11) is 0. The molecule has 0 aliphatic carbocycles. The molecule has 0 fully saturated rings. The largest absolute Gasteiger partial charge is 0.488 e. The normalized spacial score (nSPS) is 13.1. The van der Waals surface area contributed by atoms with Crippen molar-refractivity contribution in [3.05, 3.63) is 86.8 Å². The summed E-state index contributed by atoms with van der Waals surface area (Å²) in [6.45, 7) is 15.3. The van der Waals surface area contributed by atoms with Gasteiger partial charge in [-0.2, -0.15) is 13.2 Å². The summed E-state index contributed by atoms with van der Waals surface area (Å²) in [6.07, 6.45) is -0.720. The minimum Gasteiger partial charge on any atom is -0.488 e. The van der Waals surface area contributed by atoms with E-state index in [0.29, 0.717) is 6.42 Å². The fraction of sp³-hybridized carbons (Fsp3) is 0.400. The molecule has 36 heavy (non-hydrogen) atoms. The van der Waals surface area contributed by atoms with E-state index in [2.05, 4.69) is 56.7 Å². The maximum atomic E-state index is 13.0. The summed E-state index contributed by atoms with van der Waals surface area (Å²) in [4.78, 5) is 2.42. The Balaban J connectivity index is 1.83. The number of hydrogen-bond donors (Lipinski definition) is 0. The van der Waals surface area contributed by atoms with E-state index in [1.807, 2.05) is 26.8 Å². The molecule has 0 atom stereocenters. The molecular weight excluding hydrogens is 479 g/mol. The first-order chi connectivity index (χ1) is 16.8. The van der Waals surface area contributed by atoms with Crippen molar-refractivity contribution >= 4 is 22.7 Å². The van der Waals surface area contributed by atoms with Crippen LogP contribution in [-0.4, -0.2) is 10.2 Å². The van der Waals surface area contributed by atoms with Crippen LogP contribution >= 0.6 is 11.8 Å². The summed E-state index contributed by atoms with van der Waals surface area (Å²) < 4.78 is 47.2. The molecule has 0 saturated heterocycles. The summed E-state index contributed by atoms with van der Waals surface area (Å²) in [5.41, 5.74) is 3.62. The molecule has 0 saturated carbocycles. The van der Waals surface area contributed by atoms with Gasteiger partial charge in [-0.3, -0.25) is 0 Å². The summed E-state index contributed by atoms with van der Waals surface area (Å²) in [5.74, 6) is 0.852. The van der Waals surface area contributed by atoms with Crippen LogP contribution in [0.5, 0.6) is 5.75 Å². The summed E-state index contributed by atoms with van der Waals surface area (Å²) in [6, 6.07) is 13.8. The van der Waals surface area contributed by atoms with Crippen LogP contribution in [0.3, 0.4) is 0 Å². The van der Waals surface area contributed by atoms with Gasteiger partial charge in [0.25, 0.3) is 0 Å². The number of hydrogen-bond acceptors (Lipinski definition) is 2. The van der Waals surface area contributed by atoms with Gasteiger partial charge in [0.1, 0.15) is 11.4 Å². The lowest BCUT2D eigenvalue weighted by Gasteiger charge is -2.21. The first-order valence-electron chi connectivity index (χ1n) is 12.2. The molecule has 0 N–H and O–H groups in total. The minimum atomic E-state index is -4.32. The smallest absolute Gasteiger partial charge is 0.416 e. The molecule has 0 aliphatic heterocycles. The van der Waals surface area contributed by atoms with Gasteiger partial charge in [-0.1, -0.05) is 42.0 Å². The van der Waals surface area contributed by atoms with Crippen molar-refractivity contribution in [1.29, 1.82) is 0 Å². The zero-order valence-corrected chi connectivity index (χ0v) is 23.0. The molecule has 0 unspecified atom stereocenters. The minimum absolute atomic E-state index is 0.255. The molecule has 0 amide bonds. The molecule has 3 aromatic rings. The quantitative estimate of drug-likeness (QED) is 0.296. The third-order valence-electron chi connectivity index (χ3n) is 5.94. The van der Waals surface area contributed by atoms with Crippen molar-refractivity contribution in [2.45, 2.75) is 79.6 Å². The number of halogens is 3. The Kier molecular flexibility index (Phi) is 8.71. The van der Waals surface area contributed by atoms with Crippen molar-refractivity contribution in [3.8, 4) is 5.75 Å². The number of alkyl halides is 3. The topological polar surface area (TPSA) is 14.2 Å². The van der Waals surface area contributed by atoms with E-state index in [1.165, 1.54) is 33.1 Å². The van der Waals surface area contributed by atoms with Crippen molar-refractivity contribution in [1.82, 2.24) is 4.57 Å². The fourth-order valence-corrected chi connectivity index (χ4v) is 5.06. The van der Waals surface area contributed by atoms with Gasteiger partial charge < -0.3 is 9.30 Å². The zero-order chi connectivity index (χ0) is 26.7. The number of nitrogens with zero attached hydrogens (tertiary/aromatic N) is 1. The van der Waals surface area contributed by atoms with Crippen molar-refractivity contribution in [3.63, 3.8) is 0 Å². The second kappa shape index (κ2) is 11.2. The number of benzene rings is 2. The molecule has 0 spiro atoms. The number of allylic oxidation sites excluding steroid dienone is 4. The standard InChI is InChI=1S/C30H36F3NOS/c1-8-21(4)27(17-22-9-11-24(12-10-22)30(31,32)33)36-28(20(2)3)19-34-16-15-23-18-25(13-14-26(23)34)35-29(5,6)7/h9-16,18H,8,17,19H2,1-7H3. The van der Waals surface area contributed by atoms with E-state index < -0.39 is 11.7 Å². The average molecular weight is 516 g/mol. The van der Waals surface area contributed by atoms with Crippen molar-refractivity contribution in [2.75, 3.05) is 0 Å². The van der Waals surface area contributed by atoms with E-state index in [1.54, 1.807) is 23.9 Å². The Bertz CT molecular complexity index is 1250. The lowest BCUT2D eigenvalue weighted by Crippen LogP contribution is -2.22. The molecule has 6 heteroatoms. The van der Waals surface area contributed by atoms with E-state index in [0.717, 1.165) is 35.2 Å². The van der Waals surface area contributed by atoms with Crippen LogP contribution < -0.4 is 4.74 Å². The van der Waals surface area contributed by atoms with Crippen LogP contribution in [0.25, 0.3) is 10.9 Å². The van der Waals surface area contributed by atoms with Crippen LogP contribution in [0.4, 0.5) is 13.2 Å². The van der Waals surface area contributed by atoms with E-state index in [9.17, 15) is 13.2 Å². The summed E-state index contributed by atoms with van der Waals surface area (Å²) >= 11 is 1.74. The van der Waals surface area contributed by atoms with E-state index in [4.69, 9.17) is 4.74 Å². The first-order valence-corrected chi connectivity index (χ1v) is 13.1. The van der Waals surface area contributed by atoms with Gasteiger partial charge in [0.2, 0.25) is 0 Å². The van der Waals surface area contributed by atoms with Gasteiger partial charge in [-0.15, -0.1) is 0 Å². The lowest BCUT2D eigenvalue weighted by molar-refractivity contribution is -0.137. The number of ether oxygens (including phenoxy) is 1. The Morgan fingerprint density at radius 1 is 0.917 bits per heavy atom. The van der Waals surface area contributed by atoms with Gasteiger partial charge in [-0.25, -0.2) is 0 Å². The number of aromatic nitrogens is 1. The lowest BCUT2D eigenvalue weighted by atomic mass is 10.1. The predicted molar refractivity (Wildman–Crippen MR) is 146 cm³/mol. The van der Waals surface area contributed by atoms with Crippen LogP contribution in [0.15, 0.2) is 75.7 Å². The molecule has 0 radical (unpaired) electrons. The van der Waals surface area contributed by atoms with Gasteiger partial charge in [-0.05, 0) is 94.8 Å². The Morgan fingerprint density at radius 2 is 1.58 bits per heavy atom. The van der Waals surface area contributed by atoms with Gasteiger partial charge in [0.05, 0.1) is 12.1 Å². The van der Waals surface area contributed by atoms with Crippen molar-refractivity contribution < 1.29 is 17.9 Å². The van der Waals surface area contributed by atoms with E-state index >= 15 is 0 Å². The Hall–Kier alpha value is -2.60. The van der Waals surface area contributed by atoms with Gasteiger partial charge in [0, 0.05) is 28.4 Å². The Labute approximate surface area is 217 Å². The zero-order valence-electron chi connectivity index (χ0n) is 22.2. The van der Waals surface area contributed by atoms with Gasteiger partial charge >= 0.3 is 6.18 Å². The number of thioether (sulfide) groups is 1. The number of rotatable bonds is 8.